The van der Waals surface area contributed by atoms with Crippen molar-refractivity contribution in [1.29, 1.82) is 0 Å². The van der Waals surface area contributed by atoms with Crippen LogP contribution < -0.4 is 5.73 Å². The van der Waals surface area contributed by atoms with Gasteiger partial charge in [0.05, 0.1) is 22.8 Å². The van der Waals surface area contributed by atoms with E-state index in [1.807, 2.05) is 19.2 Å². The van der Waals surface area contributed by atoms with Gasteiger partial charge in [-0.1, -0.05) is 0 Å². The third-order valence-corrected chi connectivity index (χ3v) is 3.54. The van der Waals surface area contributed by atoms with Gasteiger partial charge in [-0.3, -0.25) is 9.78 Å². The van der Waals surface area contributed by atoms with E-state index in [9.17, 15) is 4.79 Å². The zero-order chi connectivity index (χ0) is 14.0. The topological polar surface area (TPSA) is 72.1 Å². The summed E-state index contributed by atoms with van der Waals surface area (Å²) in [4.78, 5) is 22.3. The summed E-state index contributed by atoms with van der Waals surface area (Å²) in [7, 11) is 1.73. The molecule has 0 aliphatic heterocycles. The Hall–Kier alpha value is -1.95. The second-order valence-corrected chi connectivity index (χ2v) is 5.49. The van der Waals surface area contributed by atoms with Gasteiger partial charge in [0.2, 0.25) is 0 Å². The largest absolute Gasteiger partial charge is 0.398 e. The summed E-state index contributed by atoms with van der Waals surface area (Å²) in [5.41, 5.74) is 8.43. The van der Waals surface area contributed by atoms with Crippen molar-refractivity contribution in [3.05, 3.63) is 39.6 Å². The molecule has 2 rings (SSSR count). The van der Waals surface area contributed by atoms with Crippen molar-refractivity contribution in [2.45, 2.75) is 20.4 Å². The Labute approximate surface area is 116 Å². The first kappa shape index (κ1) is 13.5. The Morgan fingerprint density at radius 3 is 2.79 bits per heavy atom. The van der Waals surface area contributed by atoms with Gasteiger partial charge in [-0.2, -0.15) is 0 Å². The number of amides is 1. The van der Waals surface area contributed by atoms with Crippen molar-refractivity contribution in [2.24, 2.45) is 0 Å². The maximum Gasteiger partial charge on any atom is 0.257 e. The summed E-state index contributed by atoms with van der Waals surface area (Å²) in [6.07, 6.45) is 1.52. The zero-order valence-electron chi connectivity index (χ0n) is 11.2. The van der Waals surface area contributed by atoms with Crippen LogP contribution in [0.4, 0.5) is 5.69 Å². The van der Waals surface area contributed by atoms with Gasteiger partial charge in [-0.05, 0) is 19.9 Å². The Balaban J connectivity index is 2.14. The van der Waals surface area contributed by atoms with Crippen molar-refractivity contribution in [3.63, 3.8) is 0 Å². The molecule has 2 heterocycles. The first-order chi connectivity index (χ1) is 8.97. The van der Waals surface area contributed by atoms with E-state index in [0.717, 1.165) is 16.4 Å². The molecule has 0 unspecified atom stereocenters. The number of carbonyl (C=O) groups excluding carboxylic acids is 1. The minimum absolute atomic E-state index is 0.143. The molecule has 0 atom stereocenters. The number of nitrogen functional groups attached to an aromatic ring is 1. The van der Waals surface area contributed by atoms with E-state index in [4.69, 9.17) is 5.73 Å². The number of nitrogens with zero attached hydrogens (tertiary/aromatic N) is 3. The molecule has 2 aromatic heterocycles. The number of hydrogen-bond donors (Lipinski definition) is 1. The number of pyridine rings is 1. The SMILES string of the molecule is Cc1cc(N)c(C(=O)N(C)Cc2csc(C)n2)cn1. The molecule has 100 valence electrons. The summed E-state index contributed by atoms with van der Waals surface area (Å²) in [5, 5.41) is 2.95. The molecule has 0 aliphatic carbocycles. The lowest BCUT2D eigenvalue weighted by atomic mass is 10.2. The molecule has 2 aromatic rings. The average Bonchev–Trinajstić information content (AvgIpc) is 2.74. The summed E-state index contributed by atoms with van der Waals surface area (Å²) < 4.78 is 0. The second kappa shape index (κ2) is 5.36. The number of aryl methyl sites for hydroxylation is 2. The molecule has 2 N–H and O–H groups in total. The van der Waals surface area contributed by atoms with E-state index in [1.54, 1.807) is 29.4 Å². The van der Waals surface area contributed by atoms with Crippen LogP contribution in [0.5, 0.6) is 0 Å². The molecule has 0 fully saturated rings. The summed E-state index contributed by atoms with van der Waals surface area (Å²) >= 11 is 1.57. The Bertz CT molecular complexity index is 608. The summed E-state index contributed by atoms with van der Waals surface area (Å²) in [6.45, 7) is 4.25. The first-order valence-electron chi connectivity index (χ1n) is 5.86. The van der Waals surface area contributed by atoms with Crippen molar-refractivity contribution in [3.8, 4) is 0 Å². The minimum atomic E-state index is -0.143. The van der Waals surface area contributed by atoms with Gasteiger partial charge in [0.1, 0.15) is 0 Å². The molecule has 1 amide bonds. The number of carbonyl (C=O) groups is 1. The van der Waals surface area contributed by atoms with Crippen molar-refractivity contribution < 1.29 is 4.79 Å². The van der Waals surface area contributed by atoms with Crippen LogP contribution in [-0.4, -0.2) is 27.8 Å². The average molecular weight is 276 g/mol. The quantitative estimate of drug-likeness (QED) is 0.930. The van der Waals surface area contributed by atoms with Crippen LogP contribution in [-0.2, 0) is 6.54 Å². The molecule has 0 aliphatic rings. The van der Waals surface area contributed by atoms with Crippen LogP contribution >= 0.6 is 11.3 Å². The van der Waals surface area contributed by atoms with Crippen molar-refractivity contribution >= 4 is 22.9 Å². The maximum absolute atomic E-state index is 12.3. The first-order valence-corrected chi connectivity index (χ1v) is 6.74. The Kier molecular flexibility index (Phi) is 3.80. The van der Waals surface area contributed by atoms with Gasteiger partial charge in [0.25, 0.3) is 5.91 Å². The van der Waals surface area contributed by atoms with E-state index in [0.29, 0.717) is 17.8 Å². The molecular formula is C13H16N4OS. The maximum atomic E-state index is 12.3. The standard InChI is InChI=1S/C13H16N4OS/c1-8-4-12(14)11(5-15-8)13(18)17(3)6-10-7-19-9(2)16-10/h4-5,7H,6H2,1-3H3,(H2,14,15). The molecule has 19 heavy (non-hydrogen) atoms. The van der Waals surface area contributed by atoms with Crippen LogP contribution in [0.2, 0.25) is 0 Å². The van der Waals surface area contributed by atoms with Gasteiger partial charge in [0, 0.05) is 30.0 Å². The third kappa shape index (κ3) is 3.08. The second-order valence-electron chi connectivity index (χ2n) is 4.43. The predicted octanol–water partition coefficient (Wildman–Crippen LogP) is 2.01. The number of anilines is 1. The summed E-state index contributed by atoms with van der Waals surface area (Å²) in [5.74, 6) is -0.143. The number of nitrogens with two attached hydrogens (primary N) is 1. The zero-order valence-corrected chi connectivity index (χ0v) is 12.0. The molecule has 0 spiro atoms. The predicted molar refractivity (Wildman–Crippen MR) is 76.0 cm³/mol. The molecular weight excluding hydrogens is 260 g/mol. The van der Waals surface area contributed by atoms with Crippen LogP contribution in [0.1, 0.15) is 26.8 Å². The number of aromatic nitrogens is 2. The number of hydrogen-bond acceptors (Lipinski definition) is 5. The third-order valence-electron chi connectivity index (χ3n) is 2.72. The van der Waals surface area contributed by atoms with E-state index in [1.165, 1.54) is 6.20 Å². The molecule has 5 nitrogen and oxygen atoms in total. The molecule has 0 saturated carbocycles. The van der Waals surface area contributed by atoms with E-state index >= 15 is 0 Å². The van der Waals surface area contributed by atoms with Gasteiger partial charge in [-0.15, -0.1) is 11.3 Å². The van der Waals surface area contributed by atoms with E-state index in [-0.39, 0.29) is 5.91 Å². The van der Waals surface area contributed by atoms with Gasteiger partial charge >= 0.3 is 0 Å². The Morgan fingerprint density at radius 2 is 2.21 bits per heavy atom. The van der Waals surface area contributed by atoms with Crippen LogP contribution in [0.3, 0.4) is 0 Å². The molecule has 0 saturated heterocycles. The number of thiazole rings is 1. The normalized spacial score (nSPS) is 10.5. The lowest BCUT2D eigenvalue weighted by molar-refractivity contribution is 0.0784. The lowest BCUT2D eigenvalue weighted by Gasteiger charge is -2.17. The monoisotopic (exact) mass is 276 g/mol. The van der Waals surface area contributed by atoms with Crippen LogP contribution in [0, 0.1) is 13.8 Å². The van der Waals surface area contributed by atoms with Crippen molar-refractivity contribution in [1.82, 2.24) is 14.9 Å². The summed E-state index contributed by atoms with van der Waals surface area (Å²) in [6, 6.07) is 1.70. The van der Waals surface area contributed by atoms with Gasteiger partial charge < -0.3 is 10.6 Å². The highest BCUT2D eigenvalue weighted by atomic mass is 32.1. The Morgan fingerprint density at radius 1 is 1.47 bits per heavy atom. The smallest absolute Gasteiger partial charge is 0.257 e. The lowest BCUT2D eigenvalue weighted by Crippen LogP contribution is -2.27. The fourth-order valence-electron chi connectivity index (χ4n) is 1.76. The van der Waals surface area contributed by atoms with Crippen LogP contribution in [0.25, 0.3) is 0 Å². The highest BCUT2D eigenvalue weighted by Gasteiger charge is 2.16. The molecule has 0 radical (unpaired) electrons. The molecule has 6 heteroatoms. The number of rotatable bonds is 3. The van der Waals surface area contributed by atoms with Gasteiger partial charge in [0.15, 0.2) is 0 Å². The van der Waals surface area contributed by atoms with E-state index < -0.39 is 0 Å². The molecule has 0 bridgehead atoms. The highest BCUT2D eigenvalue weighted by molar-refractivity contribution is 7.09. The fourth-order valence-corrected chi connectivity index (χ4v) is 2.36. The van der Waals surface area contributed by atoms with Gasteiger partial charge in [-0.25, -0.2) is 4.98 Å². The van der Waals surface area contributed by atoms with Crippen molar-refractivity contribution in [2.75, 3.05) is 12.8 Å². The minimum Gasteiger partial charge on any atom is -0.398 e. The fraction of sp³-hybridized carbons (Fsp3) is 0.308. The van der Waals surface area contributed by atoms with Crippen LogP contribution in [0.15, 0.2) is 17.6 Å². The highest BCUT2D eigenvalue weighted by Crippen LogP contribution is 2.16. The molecule has 0 aromatic carbocycles. The van der Waals surface area contributed by atoms with E-state index in [2.05, 4.69) is 9.97 Å².